The first-order valence-corrected chi connectivity index (χ1v) is 11.9. The molecule has 1 saturated heterocycles. The third kappa shape index (κ3) is 4.14. The van der Waals surface area contributed by atoms with Gasteiger partial charge in [0.2, 0.25) is 0 Å². The Kier molecular flexibility index (Phi) is 6.01. The standard InChI is InChI=1S/C26H20N6O2S/c1-28-19-8-6-18(7-9-19)17-32-24-20(4-2-10-29-24)23(21(16-27)25(32)33)30-11-13-31(14-12-30)26(34)22-5-3-15-35-22/h2-10,15H,11-14,17H2. The zero-order chi connectivity index (χ0) is 24.4. The molecule has 3 aromatic heterocycles. The molecule has 35 heavy (non-hydrogen) atoms. The van der Waals surface area contributed by atoms with Crippen LogP contribution in [0.2, 0.25) is 0 Å². The number of aromatic nitrogens is 2. The van der Waals surface area contributed by atoms with Crippen molar-refractivity contribution in [2.75, 3.05) is 31.1 Å². The monoisotopic (exact) mass is 480 g/mol. The van der Waals surface area contributed by atoms with Gasteiger partial charge in [-0.25, -0.2) is 9.83 Å². The van der Waals surface area contributed by atoms with Crippen LogP contribution in [0.5, 0.6) is 0 Å². The van der Waals surface area contributed by atoms with Crippen LogP contribution in [0.25, 0.3) is 15.9 Å². The quantitative estimate of drug-likeness (QED) is 0.414. The minimum Gasteiger partial charge on any atom is -0.366 e. The number of nitriles is 1. The Hall–Kier alpha value is -4.47. The largest absolute Gasteiger partial charge is 0.366 e. The van der Waals surface area contributed by atoms with Crippen LogP contribution in [0.1, 0.15) is 20.8 Å². The SMILES string of the molecule is [C-]#[N+]c1ccc(Cn2c(=O)c(C#N)c(N3CCN(C(=O)c4cccs4)CC3)c3cccnc32)cc1. The fourth-order valence-electron chi connectivity index (χ4n) is 4.39. The second-order valence-electron chi connectivity index (χ2n) is 8.14. The number of hydrogen-bond donors (Lipinski definition) is 0. The summed E-state index contributed by atoms with van der Waals surface area (Å²) in [5, 5.41) is 12.6. The van der Waals surface area contributed by atoms with Crippen molar-refractivity contribution in [2.24, 2.45) is 0 Å². The number of pyridine rings is 2. The molecule has 0 N–H and O–H groups in total. The number of fused-ring (bicyclic) bond motifs is 1. The van der Waals surface area contributed by atoms with E-state index in [1.807, 2.05) is 33.4 Å². The van der Waals surface area contributed by atoms with E-state index in [0.29, 0.717) is 48.1 Å². The van der Waals surface area contributed by atoms with Gasteiger partial charge in [0.05, 0.1) is 23.7 Å². The minimum absolute atomic E-state index is 0.00586. The van der Waals surface area contributed by atoms with Gasteiger partial charge in [-0.1, -0.05) is 30.3 Å². The Morgan fingerprint density at radius 1 is 1.11 bits per heavy atom. The minimum atomic E-state index is -0.403. The summed E-state index contributed by atoms with van der Waals surface area (Å²) in [6, 6.07) is 16.5. The van der Waals surface area contributed by atoms with Gasteiger partial charge in [-0.3, -0.25) is 14.2 Å². The van der Waals surface area contributed by atoms with Crippen molar-refractivity contribution < 1.29 is 4.79 Å². The number of carbonyl (C=O) groups excluding carboxylic acids is 1. The van der Waals surface area contributed by atoms with E-state index in [1.54, 1.807) is 36.5 Å². The molecule has 4 aromatic rings. The number of benzene rings is 1. The van der Waals surface area contributed by atoms with E-state index >= 15 is 0 Å². The first-order chi connectivity index (χ1) is 17.1. The smallest absolute Gasteiger partial charge is 0.272 e. The molecule has 1 aliphatic heterocycles. The van der Waals surface area contributed by atoms with Gasteiger partial charge >= 0.3 is 0 Å². The summed E-state index contributed by atoms with van der Waals surface area (Å²) >= 11 is 1.42. The van der Waals surface area contributed by atoms with Crippen LogP contribution >= 0.6 is 11.3 Å². The summed E-state index contributed by atoms with van der Waals surface area (Å²) < 4.78 is 1.51. The molecule has 172 valence electrons. The fraction of sp³-hybridized carbons (Fsp3) is 0.192. The van der Waals surface area contributed by atoms with Crippen molar-refractivity contribution in [2.45, 2.75) is 6.54 Å². The van der Waals surface area contributed by atoms with E-state index in [0.717, 1.165) is 10.9 Å². The number of carbonyl (C=O) groups is 1. The van der Waals surface area contributed by atoms with Crippen molar-refractivity contribution in [3.63, 3.8) is 0 Å². The predicted molar refractivity (Wildman–Crippen MR) is 135 cm³/mol. The molecule has 0 radical (unpaired) electrons. The molecule has 1 amide bonds. The summed E-state index contributed by atoms with van der Waals surface area (Å²) in [5.74, 6) is 0.00586. The molecule has 9 heteroatoms. The normalized spacial score (nSPS) is 13.4. The molecule has 8 nitrogen and oxygen atoms in total. The third-order valence-electron chi connectivity index (χ3n) is 6.13. The second-order valence-corrected chi connectivity index (χ2v) is 9.08. The summed E-state index contributed by atoms with van der Waals surface area (Å²) in [6.07, 6.45) is 1.63. The van der Waals surface area contributed by atoms with Gasteiger partial charge in [-0.05, 0) is 29.1 Å². The molecule has 0 unspecified atom stereocenters. The van der Waals surface area contributed by atoms with Gasteiger partial charge in [0.15, 0.2) is 5.69 Å². The van der Waals surface area contributed by atoms with E-state index in [1.165, 1.54) is 15.9 Å². The van der Waals surface area contributed by atoms with E-state index in [9.17, 15) is 14.9 Å². The summed E-state index contributed by atoms with van der Waals surface area (Å²) in [4.78, 5) is 38.7. The van der Waals surface area contributed by atoms with E-state index in [4.69, 9.17) is 6.57 Å². The Bertz CT molecular complexity index is 1540. The number of rotatable bonds is 4. The van der Waals surface area contributed by atoms with Gasteiger partial charge in [0, 0.05) is 37.8 Å². The lowest BCUT2D eigenvalue weighted by Crippen LogP contribution is -2.49. The number of hydrogen-bond acceptors (Lipinski definition) is 6. The van der Waals surface area contributed by atoms with Crippen LogP contribution in [0.15, 0.2) is 64.9 Å². The first kappa shape index (κ1) is 22.3. The highest BCUT2D eigenvalue weighted by molar-refractivity contribution is 7.12. The van der Waals surface area contributed by atoms with Crippen LogP contribution in [0.4, 0.5) is 11.4 Å². The summed E-state index contributed by atoms with van der Waals surface area (Å²) in [5.41, 5.74) is 2.10. The Labute approximate surface area is 205 Å². The molecular weight excluding hydrogens is 460 g/mol. The maximum absolute atomic E-state index is 13.5. The Morgan fingerprint density at radius 3 is 2.54 bits per heavy atom. The van der Waals surface area contributed by atoms with Crippen molar-refractivity contribution in [3.05, 3.63) is 97.9 Å². The van der Waals surface area contributed by atoms with Gasteiger partial charge in [-0.2, -0.15) is 5.26 Å². The van der Waals surface area contributed by atoms with Crippen molar-refractivity contribution in [3.8, 4) is 6.07 Å². The third-order valence-corrected chi connectivity index (χ3v) is 6.98. The summed E-state index contributed by atoms with van der Waals surface area (Å²) in [7, 11) is 0. The van der Waals surface area contributed by atoms with Gasteiger partial charge in [0.1, 0.15) is 17.3 Å². The average Bonchev–Trinajstić information content (AvgIpc) is 3.45. The number of amides is 1. The zero-order valence-electron chi connectivity index (χ0n) is 18.7. The lowest BCUT2D eigenvalue weighted by atomic mass is 10.1. The van der Waals surface area contributed by atoms with E-state index in [-0.39, 0.29) is 18.0 Å². The van der Waals surface area contributed by atoms with Crippen LogP contribution in [0, 0.1) is 17.9 Å². The molecule has 1 aliphatic rings. The highest BCUT2D eigenvalue weighted by atomic mass is 32.1. The molecular formula is C26H20N6O2S. The topological polar surface area (TPSA) is 86.6 Å². The van der Waals surface area contributed by atoms with E-state index in [2.05, 4.69) is 15.9 Å². The maximum atomic E-state index is 13.5. The van der Waals surface area contributed by atoms with E-state index < -0.39 is 5.56 Å². The average molecular weight is 481 g/mol. The van der Waals surface area contributed by atoms with Gasteiger partial charge in [0.25, 0.3) is 11.5 Å². The van der Waals surface area contributed by atoms with Crippen LogP contribution in [-0.2, 0) is 6.54 Å². The summed E-state index contributed by atoms with van der Waals surface area (Å²) in [6.45, 7) is 9.38. The lowest BCUT2D eigenvalue weighted by molar-refractivity contribution is 0.0751. The molecule has 0 spiro atoms. The van der Waals surface area contributed by atoms with Gasteiger partial charge < -0.3 is 9.80 Å². The number of nitrogens with zero attached hydrogens (tertiary/aromatic N) is 6. The number of thiophene rings is 1. The van der Waals surface area contributed by atoms with Crippen molar-refractivity contribution in [1.29, 1.82) is 5.26 Å². The predicted octanol–water partition coefficient (Wildman–Crippen LogP) is 3.89. The molecule has 0 bridgehead atoms. The number of anilines is 1. The Morgan fingerprint density at radius 2 is 1.89 bits per heavy atom. The van der Waals surface area contributed by atoms with Crippen molar-refractivity contribution in [1.82, 2.24) is 14.5 Å². The number of piperazine rings is 1. The van der Waals surface area contributed by atoms with Gasteiger partial charge in [-0.15, -0.1) is 11.3 Å². The molecule has 1 aromatic carbocycles. The second kappa shape index (κ2) is 9.41. The zero-order valence-corrected chi connectivity index (χ0v) is 19.5. The molecule has 0 aliphatic carbocycles. The van der Waals surface area contributed by atoms with Crippen LogP contribution in [-0.4, -0.2) is 46.5 Å². The molecule has 5 rings (SSSR count). The molecule has 0 atom stereocenters. The molecule has 1 fully saturated rings. The van der Waals surface area contributed by atoms with Crippen LogP contribution < -0.4 is 10.5 Å². The first-order valence-electron chi connectivity index (χ1n) is 11.1. The fourth-order valence-corrected chi connectivity index (χ4v) is 5.08. The van der Waals surface area contributed by atoms with Crippen LogP contribution in [0.3, 0.4) is 0 Å². The lowest BCUT2D eigenvalue weighted by Gasteiger charge is -2.36. The highest BCUT2D eigenvalue weighted by Crippen LogP contribution is 2.29. The molecule has 0 saturated carbocycles. The van der Waals surface area contributed by atoms with Crippen molar-refractivity contribution >= 4 is 39.7 Å². The Balaban J connectivity index is 1.51. The molecule has 4 heterocycles. The highest BCUT2D eigenvalue weighted by Gasteiger charge is 2.27. The maximum Gasteiger partial charge on any atom is 0.272 e.